The number of benzene rings is 2. The van der Waals surface area contributed by atoms with E-state index in [1.165, 1.54) is 5.56 Å². The smallest absolute Gasteiger partial charge is 0.408 e. The Balaban J connectivity index is 1.37. The van der Waals surface area contributed by atoms with Gasteiger partial charge in [0.15, 0.2) is 0 Å². The summed E-state index contributed by atoms with van der Waals surface area (Å²) in [5.74, 6) is 0.0256. The van der Waals surface area contributed by atoms with Crippen LogP contribution >= 0.6 is 0 Å². The van der Waals surface area contributed by atoms with Gasteiger partial charge in [0.1, 0.15) is 12.6 Å². The van der Waals surface area contributed by atoms with Gasteiger partial charge in [0.05, 0.1) is 6.33 Å². The summed E-state index contributed by atoms with van der Waals surface area (Å²) in [7, 11) is 0. The summed E-state index contributed by atoms with van der Waals surface area (Å²) >= 11 is 0. The van der Waals surface area contributed by atoms with Gasteiger partial charge >= 0.3 is 6.09 Å². The van der Waals surface area contributed by atoms with Gasteiger partial charge < -0.3 is 25.3 Å². The van der Waals surface area contributed by atoms with E-state index < -0.39 is 12.1 Å². The van der Waals surface area contributed by atoms with Crippen LogP contribution in [-0.2, 0) is 29.1 Å². The first kappa shape index (κ1) is 25.8. The zero-order valence-corrected chi connectivity index (χ0v) is 20.4. The van der Waals surface area contributed by atoms with Crippen LogP contribution in [0.4, 0.5) is 10.5 Å². The minimum absolute atomic E-state index is 0.162. The Hall–Kier alpha value is -3.81. The van der Waals surface area contributed by atoms with Crippen molar-refractivity contribution in [3.8, 4) is 0 Å². The Labute approximate surface area is 207 Å². The second kappa shape index (κ2) is 13.8. The molecule has 0 aliphatic rings. The highest BCUT2D eigenvalue weighted by Crippen LogP contribution is 2.11. The van der Waals surface area contributed by atoms with Crippen molar-refractivity contribution in [2.45, 2.75) is 45.9 Å². The van der Waals surface area contributed by atoms with E-state index in [2.05, 4.69) is 37.6 Å². The van der Waals surface area contributed by atoms with Gasteiger partial charge in [-0.05, 0) is 42.0 Å². The van der Waals surface area contributed by atoms with E-state index >= 15 is 0 Å². The fraction of sp³-hybridized carbons (Fsp3) is 0.370. The van der Waals surface area contributed by atoms with Gasteiger partial charge in [-0.25, -0.2) is 9.78 Å². The molecule has 1 heterocycles. The number of carbonyl (C=O) groups is 2. The summed E-state index contributed by atoms with van der Waals surface area (Å²) in [5.41, 5.74) is 3.14. The number of amides is 2. The standard InChI is InChI=1S/C27H35N5O3/c1-21(2)18-25(31-27(34)35-19-23-6-4-3-5-7-23)26(33)30-14-13-29-24-10-8-22(9-11-24)12-16-32-17-15-28-20-32/h3-11,15,17,20-21,25,29H,12-14,16,18-19H2,1-2H3,(H,30,33)(H,31,34)/t25-/m0/s1. The highest BCUT2D eigenvalue weighted by molar-refractivity contribution is 5.85. The maximum atomic E-state index is 12.7. The van der Waals surface area contributed by atoms with Gasteiger partial charge in [0.2, 0.25) is 5.91 Å². The van der Waals surface area contributed by atoms with Crippen molar-refractivity contribution in [3.05, 3.63) is 84.4 Å². The quantitative estimate of drug-likeness (QED) is 0.324. The minimum Gasteiger partial charge on any atom is -0.445 e. The van der Waals surface area contributed by atoms with Crippen LogP contribution in [0.15, 0.2) is 73.3 Å². The molecule has 0 unspecified atom stereocenters. The largest absolute Gasteiger partial charge is 0.445 e. The molecule has 1 aromatic heterocycles. The molecule has 1 atom stereocenters. The molecule has 0 radical (unpaired) electrons. The Kier molecular flexibility index (Phi) is 10.2. The van der Waals surface area contributed by atoms with Crippen LogP contribution in [-0.4, -0.2) is 40.7 Å². The van der Waals surface area contributed by atoms with Gasteiger partial charge in [-0.1, -0.05) is 56.3 Å². The molecule has 3 aromatic rings. The number of hydrogen-bond donors (Lipinski definition) is 3. The Morgan fingerprint density at radius 3 is 2.46 bits per heavy atom. The molecular weight excluding hydrogens is 442 g/mol. The lowest BCUT2D eigenvalue weighted by atomic mass is 10.0. The number of aromatic nitrogens is 2. The van der Waals surface area contributed by atoms with Crippen molar-refractivity contribution in [1.82, 2.24) is 20.2 Å². The lowest BCUT2D eigenvalue weighted by Crippen LogP contribution is -2.48. The SMILES string of the molecule is CC(C)C[C@H](NC(=O)OCc1ccccc1)C(=O)NCCNc1ccc(CCn2ccnc2)cc1. The molecule has 0 aliphatic carbocycles. The first-order valence-corrected chi connectivity index (χ1v) is 12.0. The molecule has 3 rings (SSSR count). The van der Waals surface area contributed by atoms with E-state index in [9.17, 15) is 9.59 Å². The van der Waals surface area contributed by atoms with E-state index in [1.54, 1.807) is 6.20 Å². The third-order valence-corrected chi connectivity index (χ3v) is 5.45. The van der Waals surface area contributed by atoms with E-state index in [0.717, 1.165) is 24.2 Å². The number of nitrogens with zero attached hydrogens (tertiary/aromatic N) is 2. The molecule has 8 heteroatoms. The molecule has 0 bridgehead atoms. The Morgan fingerprint density at radius 1 is 1.00 bits per heavy atom. The van der Waals surface area contributed by atoms with Gasteiger partial charge in [-0.15, -0.1) is 0 Å². The molecular formula is C27H35N5O3. The van der Waals surface area contributed by atoms with E-state index in [4.69, 9.17) is 4.74 Å². The first-order valence-electron chi connectivity index (χ1n) is 12.0. The monoisotopic (exact) mass is 477 g/mol. The fourth-order valence-electron chi connectivity index (χ4n) is 3.59. The first-order chi connectivity index (χ1) is 17.0. The lowest BCUT2D eigenvalue weighted by Gasteiger charge is -2.20. The van der Waals surface area contributed by atoms with Crippen LogP contribution in [0.2, 0.25) is 0 Å². The molecule has 0 spiro atoms. The number of hydrogen-bond acceptors (Lipinski definition) is 5. The second-order valence-corrected chi connectivity index (χ2v) is 8.85. The van der Waals surface area contributed by atoms with Gasteiger partial charge in [0, 0.05) is 37.7 Å². The Morgan fingerprint density at radius 2 is 1.77 bits per heavy atom. The third-order valence-electron chi connectivity index (χ3n) is 5.45. The summed E-state index contributed by atoms with van der Waals surface area (Å²) in [6, 6.07) is 17.1. The average molecular weight is 478 g/mol. The second-order valence-electron chi connectivity index (χ2n) is 8.85. The van der Waals surface area contributed by atoms with Gasteiger partial charge in [-0.3, -0.25) is 4.79 Å². The van der Waals surface area contributed by atoms with Gasteiger partial charge in [0.25, 0.3) is 0 Å². The van der Waals surface area contributed by atoms with Crippen molar-refractivity contribution in [2.75, 3.05) is 18.4 Å². The topological polar surface area (TPSA) is 97.3 Å². The van der Waals surface area contributed by atoms with E-state index in [0.29, 0.717) is 19.5 Å². The van der Waals surface area contributed by atoms with Crippen LogP contribution in [0.1, 0.15) is 31.4 Å². The summed E-state index contributed by atoms with van der Waals surface area (Å²) in [6.45, 7) is 6.10. The summed E-state index contributed by atoms with van der Waals surface area (Å²) < 4.78 is 7.33. The number of imidazole rings is 1. The van der Waals surface area contributed by atoms with Crippen molar-refractivity contribution in [3.63, 3.8) is 0 Å². The molecule has 0 fully saturated rings. The van der Waals surface area contributed by atoms with Crippen LogP contribution in [0.5, 0.6) is 0 Å². The van der Waals surface area contributed by atoms with Crippen molar-refractivity contribution < 1.29 is 14.3 Å². The zero-order valence-electron chi connectivity index (χ0n) is 20.4. The highest BCUT2D eigenvalue weighted by atomic mass is 16.5. The molecule has 0 saturated carbocycles. The lowest BCUT2D eigenvalue weighted by molar-refractivity contribution is -0.123. The van der Waals surface area contributed by atoms with Crippen molar-refractivity contribution >= 4 is 17.7 Å². The van der Waals surface area contributed by atoms with E-state index in [1.807, 2.05) is 68.8 Å². The zero-order chi connectivity index (χ0) is 24.9. The normalized spacial score (nSPS) is 11.6. The van der Waals surface area contributed by atoms with Crippen LogP contribution < -0.4 is 16.0 Å². The molecule has 2 amide bonds. The highest BCUT2D eigenvalue weighted by Gasteiger charge is 2.22. The number of rotatable bonds is 13. The fourth-order valence-corrected chi connectivity index (χ4v) is 3.59. The average Bonchev–Trinajstić information content (AvgIpc) is 3.38. The van der Waals surface area contributed by atoms with Crippen molar-refractivity contribution in [1.29, 1.82) is 0 Å². The molecule has 2 aromatic carbocycles. The number of alkyl carbamates (subject to hydrolysis) is 1. The summed E-state index contributed by atoms with van der Waals surface area (Å²) in [6.07, 6.45) is 6.43. The van der Waals surface area contributed by atoms with Gasteiger partial charge in [-0.2, -0.15) is 0 Å². The van der Waals surface area contributed by atoms with Crippen LogP contribution in [0.25, 0.3) is 0 Å². The Bertz CT molecular complexity index is 1020. The molecule has 35 heavy (non-hydrogen) atoms. The number of aryl methyl sites for hydroxylation is 2. The van der Waals surface area contributed by atoms with Crippen molar-refractivity contribution in [2.24, 2.45) is 5.92 Å². The number of nitrogens with one attached hydrogen (secondary N) is 3. The maximum Gasteiger partial charge on any atom is 0.408 e. The molecule has 3 N–H and O–H groups in total. The molecule has 186 valence electrons. The predicted molar refractivity (Wildman–Crippen MR) is 137 cm³/mol. The van der Waals surface area contributed by atoms with Crippen LogP contribution in [0, 0.1) is 5.92 Å². The number of carbonyl (C=O) groups excluding carboxylic acids is 2. The number of ether oxygens (including phenoxy) is 1. The molecule has 0 aliphatic heterocycles. The van der Waals surface area contributed by atoms with E-state index in [-0.39, 0.29) is 18.4 Å². The van der Waals surface area contributed by atoms with Crippen LogP contribution in [0.3, 0.4) is 0 Å². The predicted octanol–water partition coefficient (Wildman–Crippen LogP) is 4.00. The summed E-state index contributed by atoms with van der Waals surface area (Å²) in [4.78, 5) is 29.0. The maximum absolute atomic E-state index is 12.7. The summed E-state index contributed by atoms with van der Waals surface area (Å²) in [5, 5.41) is 8.92. The minimum atomic E-state index is -0.645. The molecule has 0 saturated heterocycles. The number of anilines is 1. The third kappa shape index (κ3) is 9.52. The molecule has 8 nitrogen and oxygen atoms in total.